The Kier molecular flexibility index (Phi) is 6.76. The quantitative estimate of drug-likeness (QED) is 0.359. The maximum absolute atomic E-state index is 12.8. The number of rotatable bonds is 9. The largest absolute Gasteiger partial charge is 0.431 e. The Morgan fingerprint density at radius 1 is 1.00 bits per heavy atom. The summed E-state index contributed by atoms with van der Waals surface area (Å²) in [4.78, 5) is 19.7. The molecule has 3 aromatic rings. The Hall–Kier alpha value is -3.01. The molecule has 152 valence electrons. The van der Waals surface area contributed by atoms with Crippen LogP contribution in [-0.4, -0.2) is 29.5 Å². The molecule has 0 fully saturated rings. The van der Waals surface area contributed by atoms with Crippen molar-refractivity contribution < 1.29 is 31.8 Å². The fourth-order valence-electron chi connectivity index (χ4n) is 2.78. The SMILES string of the molecule is O=Cc1ncc(C(Cc2ccncc2)c2ccc(OC(F)F)c(OC(F)F)c2)s1. The highest BCUT2D eigenvalue weighted by molar-refractivity contribution is 7.13. The summed E-state index contributed by atoms with van der Waals surface area (Å²) in [6.07, 6.45) is 5.80. The number of ether oxygens (including phenoxy) is 2. The fraction of sp³-hybridized carbons (Fsp3) is 0.211. The van der Waals surface area contributed by atoms with Gasteiger partial charge >= 0.3 is 13.2 Å². The van der Waals surface area contributed by atoms with Crippen molar-refractivity contribution in [3.63, 3.8) is 0 Å². The van der Waals surface area contributed by atoms with Crippen LogP contribution in [0.25, 0.3) is 0 Å². The third kappa shape index (κ3) is 5.50. The number of carbonyl (C=O) groups excluding carboxylic acids is 1. The Labute approximate surface area is 167 Å². The van der Waals surface area contributed by atoms with Crippen molar-refractivity contribution in [1.29, 1.82) is 0 Å². The molecule has 10 heteroatoms. The molecule has 2 heterocycles. The lowest BCUT2D eigenvalue weighted by Crippen LogP contribution is -2.09. The van der Waals surface area contributed by atoms with E-state index >= 15 is 0 Å². The number of pyridine rings is 1. The van der Waals surface area contributed by atoms with Gasteiger partial charge in [0, 0.05) is 29.4 Å². The molecule has 0 saturated heterocycles. The smallest absolute Gasteiger partial charge is 0.387 e. The maximum Gasteiger partial charge on any atom is 0.387 e. The van der Waals surface area contributed by atoms with Gasteiger partial charge in [0.25, 0.3) is 0 Å². The van der Waals surface area contributed by atoms with Crippen LogP contribution in [0.2, 0.25) is 0 Å². The van der Waals surface area contributed by atoms with Crippen LogP contribution >= 0.6 is 11.3 Å². The molecule has 1 unspecified atom stereocenters. The molecular formula is C19H14F4N2O3S. The third-order valence-electron chi connectivity index (χ3n) is 3.98. The highest BCUT2D eigenvalue weighted by Gasteiger charge is 2.22. The molecule has 0 aliphatic heterocycles. The van der Waals surface area contributed by atoms with E-state index in [9.17, 15) is 22.4 Å². The van der Waals surface area contributed by atoms with Crippen LogP contribution in [0.5, 0.6) is 11.5 Å². The van der Waals surface area contributed by atoms with Crippen molar-refractivity contribution in [3.8, 4) is 11.5 Å². The van der Waals surface area contributed by atoms with Crippen molar-refractivity contribution in [2.24, 2.45) is 0 Å². The van der Waals surface area contributed by atoms with E-state index in [1.807, 2.05) is 0 Å². The van der Waals surface area contributed by atoms with E-state index in [0.717, 1.165) is 23.0 Å². The summed E-state index contributed by atoms with van der Waals surface area (Å²) in [6.45, 7) is -6.40. The van der Waals surface area contributed by atoms with Crippen LogP contribution in [0.1, 0.15) is 31.7 Å². The Morgan fingerprint density at radius 3 is 2.31 bits per heavy atom. The molecule has 2 aromatic heterocycles. The third-order valence-corrected chi connectivity index (χ3v) is 5.01. The van der Waals surface area contributed by atoms with Crippen LogP contribution in [0, 0.1) is 0 Å². The van der Waals surface area contributed by atoms with Crippen molar-refractivity contribution in [2.45, 2.75) is 25.6 Å². The number of benzene rings is 1. The zero-order valence-electron chi connectivity index (χ0n) is 14.7. The first-order chi connectivity index (χ1) is 14.0. The molecule has 0 spiro atoms. The zero-order chi connectivity index (χ0) is 20.8. The van der Waals surface area contributed by atoms with E-state index in [2.05, 4.69) is 19.4 Å². The lowest BCUT2D eigenvalue weighted by atomic mass is 9.91. The number of carbonyl (C=O) groups is 1. The summed E-state index contributed by atoms with van der Waals surface area (Å²) in [5.41, 5.74) is 1.41. The normalized spacial score (nSPS) is 12.2. The van der Waals surface area contributed by atoms with Gasteiger partial charge in [-0.1, -0.05) is 6.07 Å². The van der Waals surface area contributed by atoms with Gasteiger partial charge in [0.05, 0.1) is 0 Å². The van der Waals surface area contributed by atoms with Crippen LogP contribution in [0.15, 0.2) is 48.9 Å². The molecule has 0 radical (unpaired) electrons. The summed E-state index contributed by atoms with van der Waals surface area (Å²) in [5.74, 6) is -1.38. The van der Waals surface area contributed by atoms with Crippen LogP contribution in [0.3, 0.4) is 0 Å². The molecule has 0 aliphatic rings. The molecule has 1 aromatic carbocycles. The van der Waals surface area contributed by atoms with E-state index in [0.29, 0.717) is 23.1 Å². The number of aldehydes is 1. The fourth-order valence-corrected chi connectivity index (χ4v) is 3.64. The van der Waals surface area contributed by atoms with E-state index in [-0.39, 0.29) is 10.9 Å². The molecule has 0 aliphatic carbocycles. The highest BCUT2D eigenvalue weighted by atomic mass is 32.1. The molecule has 0 bridgehead atoms. The number of nitrogens with zero attached hydrogens (tertiary/aromatic N) is 2. The molecule has 0 N–H and O–H groups in total. The number of halogens is 4. The summed E-state index contributed by atoms with van der Waals surface area (Å²) < 4.78 is 59.4. The monoisotopic (exact) mass is 426 g/mol. The maximum atomic E-state index is 12.8. The average Bonchev–Trinajstić information content (AvgIpc) is 3.16. The Bertz CT molecular complexity index is 954. The molecule has 0 amide bonds. The minimum atomic E-state index is -3.21. The van der Waals surface area contributed by atoms with E-state index in [4.69, 9.17) is 0 Å². The topological polar surface area (TPSA) is 61.3 Å². The second-order valence-corrected chi connectivity index (χ2v) is 6.89. The van der Waals surface area contributed by atoms with Gasteiger partial charge in [-0.2, -0.15) is 17.6 Å². The highest BCUT2D eigenvalue weighted by Crippen LogP contribution is 2.38. The molecule has 5 nitrogen and oxygen atoms in total. The second kappa shape index (κ2) is 9.46. The summed E-state index contributed by atoms with van der Waals surface area (Å²) in [7, 11) is 0. The van der Waals surface area contributed by atoms with Crippen molar-refractivity contribution >= 4 is 17.6 Å². The van der Waals surface area contributed by atoms with Gasteiger partial charge in [-0.25, -0.2) is 4.98 Å². The van der Waals surface area contributed by atoms with Crippen molar-refractivity contribution in [1.82, 2.24) is 9.97 Å². The van der Waals surface area contributed by atoms with Crippen LogP contribution in [-0.2, 0) is 6.42 Å². The van der Waals surface area contributed by atoms with Gasteiger partial charge in [0.1, 0.15) is 0 Å². The van der Waals surface area contributed by atoms with Gasteiger partial charge in [-0.15, -0.1) is 11.3 Å². The minimum absolute atomic E-state index is 0.265. The predicted molar refractivity (Wildman–Crippen MR) is 97.0 cm³/mol. The summed E-state index contributed by atoms with van der Waals surface area (Å²) >= 11 is 1.15. The molecule has 3 rings (SSSR count). The zero-order valence-corrected chi connectivity index (χ0v) is 15.5. The molecular weight excluding hydrogens is 412 g/mol. The first-order valence-electron chi connectivity index (χ1n) is 8.29. The van der Waals surface area contributed by atoms with Gasteiger partial charge in [0.15, 0.2) is 22.8 Å². The van der Waals surface area contributed by atoms with Crippen LogP contribution in [0.4, 0.5) is 17.6 Å². The Morgan fingerprint density at radius 2 is 1.69 bits per heavy atom. The van der Waals surface area contributed by atoms with Gasteiger partial charge < -0.3 is 9.47 Å². The number of aromatic nitrogens is 2. The standard InChI is InChI=1S/C19H14F4N2O3S/c20-18(21)27-14-2-1-12(8-15(14)28-19(22)23)13(7-11-3-5-24-6-4-11)16-9-25-17(10-26)29-16/h1-6,8-10,13,18-19H,7H2. The lowest BCUT2D eigenvalue weighted by molar-refractivity contribution is -0.0692. The number of thiazole rings is 1. The first-order valence-corrected chi connectivity index (χ1v) is 9.11. The minimum Gasteiger partial charge on any atom is -0.431 e. The van der Waals surface area contributed by atoms with E-state index in [1.165, 1.54) is 18.3 Å². The van der Waals surface area contributed by atoms with Gasteiger partial charge in [-0.3, -0.25) is 9.78 Å². The average molecular weight is 426 g/mol. The predicted octanol–water partition coefficient (Wildman–Crippen LogP) is 4.93. The lowest BCUT2D eigenvalue weighted by Gasteiger charge is -2.19. The Balaban J connectivity index is 2.02. The number of alkyl halides is 4. The first kappa shape index (κ1) is 20.7. The molecule has 0 saturated carbocycles. The van der Waals surface area contributed by atoms with Gasteiger partial charge in [0.2, 0.25) is 0 Å². The molecule has 1 atom stereocenters. The second-order valence-electron chi connectivity index (χ2n) is 5.79. The summed E-state index contributed by atoms with van der Waals surface area (Å²) in [5, 5.41) is 0.265. The van der Waals surface area contributed by atoms with Gasteiger partial charge in [-0.05, 0) is 41.8 Å². The number of hydrogen-bond acceptors (Lipinski definition) is 6. The van der Waals surface area contributed by atoms with E-state index < -0.39 is 24.7 Å². The van der Waals surface area contributed by atoms with Crippen molar-refractivity contribution in [3.05, 3.63) is 69.9 Å². The van der Waals surface area contributed by atoms with Crippen LogP contribution < -0.4 is 9.47 Å². The van der Waals surface area contributed by atoms with E-state index in [1.54, 1.807) is 24.5 Å². The molecule has 29 heavy (non-hydrogen) atoms. The summed E-state index contributed by atoms with van der Waals surface area (Å²) in [6, 6.07) is 7.46. The van der Waals surface area contributed by atoms with Crippen molar-refractivity contribution in [2.75, 3.05) is 0 Å². The number of hydrogen-bond donors (Lipinski definition) is 0.